The molecule has 0 aromatic heterocycles. The molecule has 216 valence electrons. The Morgan fingerprint density at radius 2 is 1.18 bits per heavy atom. The van der Waals surface area contributed by atoms with Crippen LogP contribution in [0.15, 0.2) is 60.7 Å². The summed E-state index contributed by atoms with van der Waals surface area (Å²) >= 11 is 0. The van der Waals surface area contributed by atoms with Gasteiger partial charge in [0.05, 0.1) is 6.04 Å². The van der Waals surface area contributed by atoms with E-state index in [-0.39, 0.29) is 31.6 Å². The van der Waals surface area contributed by atoms with Crippen molar-refractivity contribution in [3.05, 3.63) is 71.8 Å². The van der Waals surface area contributed by atoms with Crippen LogP contribution in [0.4, 0.5) is 0 Å². The third kappa shape index (κ3) is 11.2. The van der Waals surface area contributed by atoms with Gasteiger partial charge in [0.2, 0.25) is 17.7 Å². The van der Waals surface area contributed by atoms with E-state index < -0.39 is 60.2 Å². The van der Waals surface area contributed by atoms with Gasteiger partial charge in [0.25, 0.3) is 0 Å². The summed E-state index contributed by atoms with van der Waals surface area (Å²) < 4.78 is 0. The van der Waals surface area contributed by atoms with E-state index in [2.05, 4.69) is 16.0 Å². The van der Waals surface area contributed by atoms with Gasteiger partial charge in [-0.2, -0.15) is 0 Å². The first kappa shape index (κ1) is 32.0. The van der Waals surface area contributed by atoms with Crippen LogP contribution >= 0.6 is 0 Å². The van der Waals surface area contributed by atoms with Crippen LogP contribution in [0.5, 0.6) is 0 Å². The highest BCUT2D eigenvalue weighted by Gasteiger charge is 2.31. The fourth-order valence-electron chi connectivity index (χ4n) is 4.07. The number of carboxylic acid groups (broad SMARTS) is 2. The lowest BCUT2D eigenvalue weighted by Gasteiger charge is -2.26. The van der Waals surface area contributed by atoms with Crippen LogP contribution in [0.1, 0.15) is 44.2 Å². The number of nitrogens with two attached hydrogens (primary N) is 1. The SMILES string of the molecule is CC(C)CC(NC(=O)C(N)Cc1ccccc1)C(=O)NC(Cc1ccccc1)C(=O)NC(CCC(=O)O)C(=O)O. The van der Waals surface area contributed by atoms with Crippen LogP contribution < -0.4 is 21.7 Å². The van der Waals surface area contributed by atoms with Crippen molar-refractivity contribution in [3.63, 3.8) is 0 Å². The quantitative estimate of drug-likeness (QED) is 0.179. The molecule has 0 bridgehead atoms. The highest BCUT2D eigenvalue weighted by Crippen LogP contribution is 2.10. The molecular formula is C29H38N4O7. The van der Waals surface area contributed by atoms with Crippen molar-refractivity contribution in [3.8, 4) is 0 Å². The summed E-state index contributed by atoms with van der Waals surface area (Å²) in [6.45, 7) is 3.76. The van der Waals surface area contributed by atoms with Gasteiger partial charge in [-0.1, -0.05) is 74.5 Å². The van der Waals surface area contributed by atoms with E-state index in [0.717, 1.165) is 5.56 Å². The Bertz CT molecular complexity index is 1140. The van der Waals surface area contributed by atoms with E-state index in [4.69, 9.17) is 10.8 Å². The third-order valence-electron chi connectivity index (χ3n) is 6.15. The van der Waals surface area contributed by atoms with Gasteiger partial charge >= 0.3 is 11.9 Å². The largest absolute Gasteiger partial charge is 0.481 e. The highest BCUT2D eigenvalue weighted by molar-refractivity contribution is 5.94. The zero-order valence-electron chi connectivity index (χ0n) is 22.7. The van der Waals surface area contributed by atoms with Gasteiger partial charge < -0.3 is 31.9 Å². The van der Waals surface area contributed by atoms with Crippen molar-refractivity contribution in [1.82, 2.24) is 16.0 Å². The maximum Gasteiger partial charge on any atom is 0.326 e. The highest BCUT2D eigenvalue weighted by atomic mass is 16.4. The first-order valence-corrected chi connectivity index (χ1v) is 13.1. The number of benzene rings is 2. The Labute approximate surface area is 233 Å². The Balaban J connectivity index is 2.20. The Morgan fingerprint density at radius 3 is 1.68 bits per heavy atom. The predicted octanol–water partition coefficient (Wildman–Crippen LogP) is 1.25. The molecule has 0 saturated carbocycles. The van der Waals surface area contributed by atoms with Gasteiger partial charge in [0.15, 0.2) is 0 Å². The van der Waals surface area contributed by atoms with E-state index in [9.17, 15) is 29.1 Å². The van der Waals surface area contributed by atoms with Gasteiger partial charge in [0, 0.05) is 12.8 Å². The summed E-state index contributed by atoms with van der Waals surface area (Å²) in [6, 6.07) is 13.5. The lowest BCUT2D eigenvalue weighted by molar-refractivity contribution is -0.143. The number of hydrogen-bond donors (Lipinski definition) is 6. The maximum absolute atomic E-state index is 13.4. The molecule has 0 aliphatic carbocycles. The van der Waals surface area contributed by atoms with E-state index in [1.54, 1.807) is 30.3 Å². The molecule has 11 heteroatoms. The average Bonchev–Trinajstić information content (AvgIpc) is 2.90. The number of carbonyl (C=O) groups excluding carboxylic acids is 3. The second-order valence-corrected chi connectivity index (χ2v) is 10.1. The van der Waals surface area contributed by atoms with Gasteiger partial charge in [-0.25, -0.2) is 4.79 Å². The maximum atomic E-state index is 13.4. The molecular weight excluding hydrogens is 516 g/mol. The van der Waals surface area contributed by atoms with Gasteiger partial charge in [0.1, 0.15) is 18.1 Å². The topological polar surface area (TPSA) is 188 Å². The minimum absolute atomic E-state index is 0.00945. The van der Waals surface area contributed by atoms with E-state index in [0.29, 0.717) is 5.56 Å². The molecule has 3 amide bonds. The predicted molar refractivity (Wildman–Crippen MR) is 148 cm³/mol. The third-order valence-corrected chi connectivity index (χ3v) is 6.15. The molecule has 4 unspecified atom stereocenters. The van der Waals surface area contributed by atoms with Crippen molar-refractivity contribution in [2.75, 3.05) is 0 Å². The summed E-state index contributed by atoms with van der Waals surface area (Å²) in [6.07, 6.45) is -0.202. The zero-order valence-corrected chi connectivity index (χ0v) is 22.7. The average molecular weight is 555 g/mol. The fraction of sp³-hybridized carbons (Fsp3) is 0.414. The van der Waals surface area contributed by atoms with Crippen LogP contribution in [0, 0.1) is 5.92 Å². The van der Waals surface area contributed by atoms with Crippen molar-refractivity contribution in [1.29, 1.82) is 0 Å². The van der Waals surface area contributed by atoms with Crippen LogP contribution in [-0.4, -0.2) is 64.0 Å². The molecule has 0 aliphatic rings. The summed E-state index contributed by atoms with van der Waals surface area (Å²) in [5, 5.41) is 26.1. The molecule has 0 spiro atoms. The van der Waals surface area contributed by atoms with Crippen molar-refractivity contribution in [2.24, 2.45) is 11.7 Å². The molecule has 11 nitrogen and oxygen atoms in total. The summed E-state index contributed by atoms with van der Waals surface area (Å²) in [4.78, 5) is 62.0. The lowest BCUT2D eigenvalue weighted by atomic mass is 10.00. The molecule has 0 heterocycles. The Morgan fingerprint density at radius 1 is 0.700 bits per heavy atom. The molecule has 2 aromatic carbocycles. The molecule has 0 radical (unpaired) electrons. The molecule has 7 N–H and O–H groups in total. The van der Waals surface area contributed by atoms with Crippen LogP contribution in [0.2, 0.25) is 0 Å². The van der Waals surface area contributed by atoms with Gasteiger partial charge in [-0.3, -0.25) is 19.2 Å². The molecule has 2 aromatic rings. The first-order valence-electron chi connectivity index (χ1n) is 13.1. The van der Waals surface area contributed by atoms with Crippen LogP contribution in [0.25, 0.3) is 0 Å². The molecule has 40 heavy (non-hydrogen) atoms. The van der Waals surface area contributed by atoms with E-state index >= 15 is 0 Å². The number of rotatable bonds is 16. The molecule has 0 saturated heterocycles. The Hall–Kier alpha value is -4.25. The summed E-state index contributed by atoms with van der Waals surface area (Å²) in [5.41, 5.74) is 7.68. The number of aliphatic carboxylic acids is 2. The smallest absolute Gasteiger partial charge is 0.326 e. The van der Waals surface area contributed by atoms with Gasteiger partial charge in [-0.05, 0) is 36.3 Å². The van der Waals surface area contributed by atoms with Crippen molar-refractivity contribution < 1.29 is 34.2 Å². The lowest BCUT2D eigenvalue weighted by Crippen LogP contribution is -2.58. The zero-order chi connectivity index (χ0) is 29.7. The van der Waals surface area contributed by atoms with E-state index in [1.807, 2.05) is 44.2 Å². The molecule has 2 rings (SSSR count). The second kappa shape index (κ2) is 16.0. The molecule has 0 aliphatic heterocycles. The summed E-state index contributed by atoms with van der Waals surface area (Å²) in [5.74, 6) is -4.51. The second-order valence-electron chi connectivity index (χ2n) is 10.1. The number of carbonyl (C=O) groups is 5. The van der Waals surface area contributed by atoms with Crippen LogP contribution in [0.3, 0.4) is 0 Å². The number of carboxylic acids is 2. The van der Waals surface area contributed by atoms with Crippen molar-refractivity contribution >= 4 is 29.7 Å². The minimum atomic E-state index is -1.46. The number of amides is 3. The van der Waals surface area contributed by atoms with Crippen LogP contribution in [-0.2, 0) is 36.8 Å². The standard InChI is InChI=1S/C29H38N4O7/c1-18(2)15-23(32-26(36)21(30)16-19-9-5-3-6-10-19)27(37)33-24(17-20-11-7-4-8-12-20)28(38)31-22(29(39)40)13-14-25(34)35/h3-12,18,21-24H,13-17,30H2,1-2H3,(H,31,38)(H,32,36)(H,33,37)(H,34,35)(H,39,40). The monoisotopic (exact) mass is 554 g/mol. The Kier molecular flexibility index (Phi) is 12.8. The van der Waals surface area contributed by atoms with Gasteiger partial charge in [-0.15, -0.1) is 0 Å². The number of nitrogens with one attached hydrogen (secondary N) is 3. The number of hydrogen-bond acceptors (Lipinski definition) is 6. The minimum Gasteiger partial charge on any atom is -0.481 e. The first-order chi connectivity index (χ1) is 19.0. The van der Waals surface area contributed by atoms with E-state index in [1.165, 1.54) is 0 Å². The summed E-state index contributed by atoms with van der Waals surface area (Å²) in [7, 11) is 0. The molecule has 4 atom stereocenters. The normalized spacial score (nSPS) is 13.9. The fourth-order valence-corrected chi connectivity index (χ4v) is 4.07. The van der Waals surface area contributed by atoms with Crippen molar-refractivity contribution in [2.45, 2.75) is 70.1 Å². The molecule has 0 fully saturated rings.